The average Bonchev–Trinajstić information content (AvgIpc) is 2.86. The summed E-state index contributed by atoms with van der Waals surface area (Å²) in [6.07, 6.45) is 0.706. The Kier molecular flexibility index (Phi) is 7.54. The molecule has 1 aliphatic rings. The molecule has 0 saturated carbocycles. The van der Waals surface area contributed by atoms with Crippen LogP contribution in [-0.2, 0) is 16.0 Å². The summed E-state index contributed by atoms with van der Waals surface area (Å²) in [7, 11) is 0. The molecule has 0 radical (unpaired) electrons. The van der Waals surface area contributed by atoms with Crippen LogP contribution in [0.1, 0.15) is 55.5 Å². The molecule has 0 bridgehead atoms. The minimum Gasteiger partial charge on any atom is -0.481 e. The van der Waals surface area contributed by atoms with Gasteiger partial charge in [-0.15, -0.1) is 0 Å². The van der Waals surface area contributed by atoms with Crippen LogP contribution in [0.2, 0.25) is 0 Å². The van der Waals surface area contributed by atoms with Crippen molar-refractivity contribution < 1.29 is 14.3 Å². The van der Waals surface area contributed by atoms with Gasteiger partial charge < -0.3 is 15.0 Å². The van der Waals surface area contributed by atoms with Crippen molar-refractivity contribution in [3.8, 4) is 5.75 Å². The van der Waals surface area contributed by atoms with Crippen molar-refractivity contribution in [2.24, 2.45) is 5.92 Å². The Labute approximate surface area is 208 Å². The minimum absolute atomic E-state index is 0.0861. The fourth-order valence-electron chi connectivity index (χ4n) is 4.66. The van der Waals surface area contributed by atoms with Crippen LogP contribution in [0.3, 0.4) is 0 Å². The average molecular weight is 471 g/mol. The summed E-state index contributed by atoms with van der Waals surface area (Å²) in [6, 6.07) is 23.7. The van der Waals surface area contributed by atoms with E-state index in [1.165, 1.54) is 5.56 Å². The molecule has 0 fully saturated rings. The molecular formula is C30H34N2O3. The van der Waals surface area contributed by atoms with Crippen LogP contribution in [0.15, 0.2) is 72.8 Å². The summed E-state index contributed by atoms with van der Waals surface area (Å²) in [5, 5.41) is 2.97. The van der Waals surface area contributed by atoms with Crippen molar-refractivity contribution in [1.29, 1.82) is 0 Å². The zero-order chi connectivity index (χ0) is 24.9. The van der Waals surface area contributed by atoms with Crippen molar-refractivity contribution in [3.05, 3.63) is 95.1 Å². The van der Waals surface area contributed by atoms with Crippen LogP contribution < -0.4 is 10.1 Å². The van der Waals surface area contributed by atoms with Gasteiger partial charge >= 0.3 is 0 Å². The minimum atomic E-state index is -0.624. The molecule has 1 heterocycles. The number of carbonyl (C=O) groups is 2. The summed E-state index contributed by atoms with van der Waals surface area (Å²) < 4.78 is 6.21. The summed E-state index contributed by atoms with van der Waals surface area (Å²) in [5.74, 6) is 0.513. The quantitative estimate of drug-likeness (QED) is 0.466. The van der Waals surface area contributed by atoms with E-state index >= 15 is 0 Å². The number of nitrogens with zero attached hydrogens (tertiary/aromatic N) is 1. The first kappa shape index (κ1) is 24.5. The van der Waals surface area contributed by atoms with Crippen molar-refractivity contribution in [3.63, 3.8) is 0 Å². The molecule has 3 aromatic rings. The van der Waals surface area contributed by atoms with Crippen molar-refractivity contribution >= 4 is 17.5 Å². The van der Waals surface area contributed by atoms with E-state index in [0.717, 1.165) is 28.8 Å². The molecule has 5 heteroatoms. The lowest BCUT2D eigenvalue weighted by Gasteiger charge is -2.39. The first-order valence-corrected chi connectivity index (χ1v) is 12.4. The van der Waals surface area contributed by atoms with Gasteiger partial charge in [0.25, 0.3) is 5.91 Å². The Morgan fingerprint density at radius 1 is 1.03 bits per heavy atom. The molecule has 0 aromatic heterocycles. The molecule has 4 rings (SSSR count). The zero-order valence-corrected chi connectivity index (χ0v) is 21.0. The number of aryl methyl sites for hydroxylation is 1. The fourth-order valence-corrected chi connectivity index (χ4v) is 4.66. The number of amides is 2. The van der Waals surface area contributed by atoms with Gasteiger partial charge in [0.15, 0.2) is 6.10 Å². The van der Waals surface area contributed by atoms with Crippen molar-refractivity contribution in [1.82, 2.24) is 4.90 Å². The van der Waals surface area contributed by atoms with Gasteiger partial charge in [-0.2, -0.15) is 0 Å². The van der Waals surface area contributed by atoms with E-state index in [1.807, 2.05) is 87.2 Å². The molecule has 35 heavy (non-hydrogen) atoms. The summed E-state index contributed by atoms with van der Waals surface area (Å²) >= 11 is 0. The van der Waals surface area contributed by atoms with Gasteiger partial charge in [-0.3, -0.25) is 9.59 Å². The maximum atomic E-state index is 13.1. The number of hydrogen-bond acceptors (Lipinski definition) is 3. The molecule has 5 nitrogen and oxygen atoms in total. The molecule has 0 spiro atoms. The van der Waals surface area contributed by atoms with E-state index in [9.17, 15) is 9.59 Å². The number of ether oxygens (including phenoxy) is 1. The van der Waals surface area contributed by atoms with Crippen molar-refractivity contribution in [2.45, 2.75) is 52.7 Å². The smallest absolute Gasteiger partial charge is 0.265 e. The molecule has 2 unspecified atom stereocenters. The Morgan fingerprint density at radius 3 is 2.49 bits per heavy atom. The Balaban J connectivity index is 1.62. The first-order valence-electron chi connectivity index (χ1n) is 12.4. The molecule has 2 amide bonds. The first-order chi connectivity index (χ1) is 16.9. The topological polar surface area (TPSA) is 58.6 Å². The van der Waals surface area contributed by atoms with Crippen LogP contribution in [0.25, 0.3) is 0 Å². The van der Waals surface area contributed by atoms with Gasteiger partial charge in [-0.25, -0.2) is 0 Å². The third-order valence-electron chi connectivity index (χ3n) is 6.47. The number of nitrogens with one attached hydrogen (secondary N) is 1. The number of rotatable bonds is 7. The molecule has 182 valence electrons. The van der Waals surface area contributed by atoms with Crippen LogP contribution >= 0.6 is 0 Å². The van der Waals surface area contributed by atoms with E-state index in [1.54, 1.807) is 0 Å². The highest BCUT2D eigenvalue weighted by Crippen LogP contribution is 2.38. The zero-order valence-electron chi connectivity index (χ0n) is 21.0. The van der Waals surface area contributed by atoms with Crippen LogP contribution in [0.5, 0.6) is 5.75 Å². The predicted molar refractivity (Wildman–Crippen MR) is 139 cm³/mol. The fraction of sp³-hybridized carbons (Fsp3) is 0.333. The van der Waals surface area contributed by atoms with Gasteiger partial charge in [0.1, 0.15) is 5.75 Å². The Hall–Kier alpha value is -3.60. The largest absolute Gasteiger partial charge is 0.481 e. The second kappa shape index (κ2) is 10.8. The summed E-state index contributed by atoms with van der Waals surface area (Å²) in [6.45, 7) is 8.50. The highest BCUT2D eigenvalue weighted by molar-refractivity contribution is 5.94. The second-order valence-electron chi connectivity index (χ2n) is 9.48. The maximum absolute atomic E-state index is 13.1. The molecule has 1 aliphatic heterocycles. The number of carbonyl (C=O) groups excluding carboxylic acids is 2. The highest BCUT2D eigenvalue weighted by Gasteiger charge is 2.33. The van der Waals surface area contributed by atoms with Gasteiger partial charge in [0, 0.05) is 18.2 Å². The monoisotopic (exact) mass is 470 g/mol. The van der Waals surface area contributed by atoms with Crippen LogP contribution in [-0.4, -0.2) is 29.4 Å². The lowest BCUT2D eigenvalue weighted by molar-refractivity contribution is -0.136. The van der Waals surface area contributed by atoms with E-state index in [2.05, 4.69) is 23.5 Å². The molecule has 0 saturated heterocycles. The maximum Gasteiger partial charge on any atom is 0.265 e. The third-order valence-corrected chi connectivity index (χ3v) is 6.47. The SMILES string of the molecule is CCC(Oc1ccc2c(c1)C(c1ccccc1)N(C(=O)C(C)C)CC2)C(=O)Nc1cccc(C)c1. The molecule has 3 aromatic carbocycles. The summed E-state index contributed by atoms with van der Waals surface area (Å²) in [5.41, 5.74) is 5.18. The summed E-state index contributed by atoms with van der Waals surface area (Å²) in [4.78, 5) is 28.1. The molecule has 1 N–H and O–H groups in total. The lowest BCUT2D eigenvalue weighted by Crippen LogP contribution is -2.42. The van der Waals surface area contributed by atoms with E-state index in [-0.39, 0.29) is 23.8 Å². The highest BCUT2D eigenvalue weighted by atomic mass is 16.5. The van der Waals surface area contributed by atoms with E-state index < -0.39 is 6.10 Å². The van der Waals surface area contributed by atoms with Crippen molar-refractivity contribution in [2.75, 3.05) is 11.9 Å². The molecule has 2 atom stereocenters. The number of benzene rings is 3. The lowest BCUT2D eigenvalue weighted by atomic mass is 9.87. The Bertz CT molecular complexity index is 1190. The molecule has 0 aliphatic carbocycles. The van der Waals surface area contributed by atoms with E-state index in [0.29, 0.717) is 18.7 Å². The second-order valence-corrected chi connectivity index (χ2v) is 9.48. The number of anilines is 1. The standard InChI is InChI=1S/C30H34N2O3/c1-5-27(29(33)31-24-13-9-10-21(4)18-24)35-25-15-14-22-16-17-32(30(34)20(2)3)28(26(22)19-25)23-11-7-6-8-12-23/h6-15,18-20,27-28H,5,16-17H2,1-4H3,(H,31,33). The third kappa shape index (κ3) is 5.56. The number of hydrogen-bond donors (Lipinski definition) is 1. The van der Waals surface area contributed by atoms with Gasteiger partial charge in [-0.05, 0) is 66.3 Å². The van der Waals surface area contributed by atoms with Gasteiger partial charge in [0.05, 0.1) is 6.04 Å². The van der Waals surface area contributed by atoms with Gasteiger partial charge in [0.2, 0.25) is 5.91 Å². The number of fused-ring (bicyclic) bond motifs is 1. The predicted octanol–water partition coefficient (Wildman–Crippen LogP) is 5.92. The van der Waals surface area contributed by atoms with Crippen LogP contribution in [0.4, 0.5) is 5.69 Å². The normalized spacial score (nSPS) is 15.9. The van der Waals surface area contributed by atoms with E-state index in [4.69, 9.17) is 4.74 Å². The van der Waals surface area contributed by atoms with Crippen LogP contribution in [0, 0.1) is 12.8 Å². The van der Waals surface area contributed by atoms with Gasteiger partial charge in [-0.1, -0.05) is 69.3 Å². The molecular weight excluding hydrogens is 436 g/mol. The Morgan fingerprint density at radius 2 is 1.80 bits per heavy atom.